The maximum absolute atomic E-state index is 14.2. The van der Waals surface area contributed by atoms with Gasteiger partial charge in [0.2, 0.25) is 0 Å². The third kappa shape index (κ3) is 3.92. The van der Waals surface area contributed by atoms with Crippen LogP contribution in [0.1, 0.15) is 47.5 Å². The van der Waals surface area contributed by atoms with Gasteiger partial charge in [-0.1, -0.05) is 13.8 Å². The van der Waals surface area contributed by atoms with Gasteiger partial charge in [-0.25, -0.2) is 4.79 Å². The van der Waals surface area contributed by atoms with Crippen LogP contribution in [0.25, 0.3) is 0 Å². The summed E-state index contributed by atoms with van der Waals surface area (Å²) >= 11 is 0. The number of carbonyl (C=O) groups excluding carboxylic acids is 3. The van der Waals surface area contributed by atoms with E-state index in [-0.39, 0.29) is 30.6 Å². The predicted molar refractivity (Wildman–Crippen MR) is 134 cm³/mol. The Hall–Kier alpha value is -3.17. The molecule has 4 aliphatic rings. The molecule has 39 heavy (non-hydrogen) atoms. The van der Waals surface area contributed by atoms with Crippen molar-refractivity contribution >= 4 is 17.7 Å². The lowest BCUT2D eigenvalue weighted by Crippen LogP contribution is -2.81. The molecule has 4 rings (SSSR count). The lowest BCUT2D eigenvalue weighted by atomic mass is 9.44. The number of ketones is 1. The normalized spacial score (nSPS) is 41.8. The smallest absolute Gasteiger partial charge is 0.385 e. The van der Waals surface area contributed by atoms with Crippen LogP contribution in [0.2, 0.25) is 0 Å². The van der Waals surface area contributed by atoms with Gasteiger partial charge in [0.05, 0.1) is 30.1 Å². The van der Waals surface area contributed by atoms with Crippen molar-refractivity contribution in [1.29, 1.82) is 0 Å². The number of carbonyl (C=O) groups is 3. The number of rotatable bonds is 2. The van der Waals surface area contributed by atoms with Gasteiger partial charge < -0.3 is 34.6 Å². The van der Waals surface area contributed by atoms with E-state index in [0.29, 0.717) is 0 Å². The Kier molecular flexibility index (Phi) is 7.01. The number of esters is 2. The first-order chi connectivity index (χ1) is 18.1. The van der Waals surface area contributed by atoms with Crippen LogP contribution < -0.4 is 0 Å². The minimum atomic E-state index is -2.14. The summed E-state index contributed by atoms with van der Waals surface area (Å²) in [5.74, 6) is 6.90. The van der Waals surface area contributed by atoms with Gasteiger partial charge >= 0.3 is 11.9 Å². The molecule has 8 unspecified atom stereocenters. The molecule has 0 aromatic rings. The van der Waals surface area contributed by atoms with Gasteiger partial charge in [0.15, 0.2) is 11.4 Å². The summed E-state index contributed by atoms with van der Waals surface area (Å²) in [6.45, 7) is 7.01. The van der Waals surface area contributed by atoms with E-state index < -0.39 is 76.2 Å². The molecule has 0 aromatic carbocycles. The van der Waals surface area contributed by atoms with Crippen molar-refractivity contribution in [3.63, 3.8) is 0 Å². The maximum atomic E-state index is 14.2. The van der Waals surface area contributed by atoms with Crippen LogP contribution in [0.15, 0.2) is 11.1 Å². The molecule has 3 fully saturated rings. The van der Waals surface area contributed by atoms with E-state index in [1.54, 1.807) is 20.8 Å². The monoisotopic (exact) mass is 540 g/mol. The van der Waals surface area contributed by atoms with Crippen LogP contribution in [0.4, 0.5) is 0 Å². The highest BCUT2D eigenvalue weighted by molar-refractivity contribution is 5.94. The van der Waals surface area contributed by atoms with Crippen LogP contribution in [0.3, 0.4) is 0 Å². The van der Waals surface area contributed by atoms with E-state index in [1.165, 1.54) is 6.92 Å². The standard InChI is InChI=1S/C29H32O10/c1-7-8-9-10-11-20(33)38-25-23-27(6,18(32)12-19-28(23,14-37-19)39-16(3)30)24(35)22(34)21-15(2)17(31)13-29(25,36)26(21,4)5/h1,17-19,22-23,25,31-32,34,36H,12-14H2,2-6H3/t17?,18?,19?,22?,23?,25?,27?,28-,29?/m0/s1. The third-order valence-corrected chi connectivity index (χ3v) is 9.30. The van der Waals surface area contributed by atoms with Crippen LogP contribution in [-0.2, 0) is 28.6 Å². The van der Waals surface area contributed by atoms with Crippen molar-refractivity contribution in [1.82, 2.24) is 0 Å². The van der Waals surface area contributed by atoms with Crippen molar-refractivity contribution in [2.24, 2.45) is 16.7 Å². The summed E-state index contributed by atoms with van der Waals surface area (Å²) in [5, 5.41) is 46.4. The van der Waals surface area contributed by atoms with Gasteiger partial charge in [0.25, 0.3) is 0 Å². The van der Waals surface area contributed by atoms with Crippen molar-refractivity contribution in [2.75, 3.05) is 6.61 Å². The Morgan fingerprint density at radius 2 is 1.79 bits per heavy atom. The molecule has 10 heteroatoms. The zero-order valence-corrected chi connectivity index (χ0v) is 22.4. The number of hydrogen-bond donors (Lipinski definition) is 4. The minimum absolute atomic E-state index is 0.0566. The van der Waals surface area contributed by atoms with E-state index in [1.807, 2.05) is 5.92 Å². The Morgan fingerprint density at radius 3 is 2.36 bits per heavy atom. The van der Waals surface area contributed by atoms with Gasteiger partial charge in [-0.15, -0.1) is 6.42 Å². The molecule has 1 aliphatic heterocycles. The molecule has 0 aromatic heterocycles. The average molecular weight is 541 g/mol. The van der Waals surface area contributed by atoms with Gasteiger partial charge in [0, 0.05) is 31.1 Å². The minimum Gasteiger partial charge on any atom is -0.454 e. The largest absolute Gasteiger partial charge is 0.454 e. The van der Waals surface area contributed by atoms with Crippen LogP contribution >= 0.6 is 0 Å². The first-order valence-electron chi connectivity index (χ1n) is 12.6. The van der Waals surface area contributed by atoms with Crippen molar-refractivity contribution in [2.45, 2.75) is 89.2 Å². The molecule has 4 N–H and O–H groups in total. The van der Waals surface area contributed by atoms with Crippen LogP contribution in [0, 0.1) is 52.8 Å². The Labute approximate surface area is 226 Å². The third-order valence-electron chi connectivity index (χ3n) is 9.30. The summed E-state index contributed by atoms with van der Waals surface area (Å²) < 4.78 is 17.3. The lowest BCUT2D eigenvalue weighted by Gasteiger charge is -2.67. The summed E-state index contributed by atoms with van der Waals surface area (Å²) in [6, 6.07) is 0. The molecule has 9 atom stereocenters. The van der Waals surface area contributed by atoms with Crippen LogP contribution in [0.5, 0.6) is 0 Å². The zero-order valence-electron chi connectivity index (χ0n) is 22.4. The Bertz CT molecular complexity index is 1310. The highest BCUT2D eigenvalue weighted by Crippen LogP contribution is 2.63. The molecule has 0 spiro atoms. The van der Waals surface area contributed by atoms with E-state index in [9.17, 15) is 34.8 Å². The van der Waals surface area contributed by atoms with Crippen molar-refractivity contribution in [3.8, 4) is 36.0 Å². The fraction of sp³-hybridized carbons (Fsp3) is 0.621. The Balaban J connectivity index is 2.04. The quantitative estimate of drug-likeness (QED) is 0.154. The molecule has 2 bridgehead atoms. The second kappa shape index (κ2) is 9.48. The van der Waals surface area contributed by atoms with E-state index in [2.05, 4.69) is 23.7 Å². The Morgan fingerprint density at radius 1 is 1.13 bits per heavy atom. The number of hydrogen-bond acceptors (Lipinski definition) is 10. The SMILES string of the molecule is C#CC#CC#CC(=O)OC1C2C(C)(C(=O)C(O)C3=C(C)C(O)CC1(O)C3(C)C)C(O)CC1OC[C@]12OC(C)=O. The number of aliphatic hydroxyl groups is 4. The fourth-order valence-corrected chi connectivity index (χ4v) is 7.20. The second-order valence-corrected chi connectivity index (χ2v) is 11.5. The number of ether oxygens (including phenoxy) is 3. The number of fused-ring (bicyclic) bond motifs is 5. The topological polar surface area (TPSA) is 160 Å². The molecule has 3 aliphatic carbocycles. The summed E-state index contributed by atoms with van der Waals surface area (Å²) in [4.78, 5) is 39.6. The number of terminal acetylenes is 1. The van der Waals surface area contributed by atoms with Crippen LogP contribution in [-0.4, -0.2) is 86.5 Å². The van der Waals surface area contributed by atoms with E-state index >= 15 is 0 Å². The first-order valence-corrected chi connectivity index (χ1v) is 12.6. The molecule has 2 saturated carbocycles. The summed E-state index contributed by atoms with van der Waals surface area (Å²) in [6.07, 6.45) is -2.56. The molecule has 10 nitrogen and oxygen atoms in total. The zero-order chi connectivity index (χ0) is 29.1. The molecule has 1 heterocycles. The number of aliphatic hydroxyl groups excluding tert-OH is 3. The molecular weight excluding hydrogens is 508 g/mol. The average Bonchev–Trinajstić information content (AvgIpc) is 2.84. The molecule has 208 valence electrons. The van der Waals surface area contributed by atoms with E-state index in [0.717, 1.165) is 6.92 Å². The second-order valence-electron chi connectivity index (χ2n) is 11.5. The van der Waals surface area contributed by atoms with Gasteiger partial charge in [0.1, 0.15) is 23.9 Å². The molecular formula is C29H32O10. The van der Waals surface area contributed by atoms with Gasteiger partial charge in [-0.2, -0.15) is 0 Å². The van der Waals surface area contributed by atoms with Crippen molar-refractivity contribution in [3.05, 3.63) is 11.1 Å². The highest BCUT2D eigenvalue weighted by Gasteiger charge is 2.77. The van der Waals surface area contributed by atoms with Gasteiger partial charge in [-0.3, -0.25) is 9.59 Å². The maximum Gasteiger partial charge on any atom is 0.385 e. The number of Topliss-reactive ketones (excluding diaryl/α,β-unsaturated/α-hetero) is 1. The molecule has 0 radical (unpaired) electrons. The summed E-state index contributed by atoms with van der Waals surface area (Å²) in [7, 11) is 0. The van der Waals surface area contributed by atoms with E-state index in [4.69, 9.17) is 20.6 Å². The highest BCUT2D eigenvalue weighted by atomic mass is 16.6. The summed E-state index contributed by atoms with van der Waals surface area (Å²) in [5.41, 5.74) is -6.75. The molecule has 1 saturated heterocycles. The van der Waals surface area contributed by atoms with Gasteiger partial charge in [-0.05, 0) is 48.7 Å². The lowest BCUT2D eigenvalue weighted by molar-refractivity contribution is -0.347. The van der Waals surface area contributed by atoms with Crippen molar-refractivity contribution < 1.29 is 49.0 Å². The predicted octanol–water partition coefficient (Wildman–Crippen LogP) is -0.592. The molecule has 0 amide bonds. The fourth-order valence-electron chi connectivity index (χ4n) is 7.20. The first kappa shape index (κ1) is 28.8.